The average molecular weight is 482 g/mol. The number of ether oxygens (including phenoxy) is 2. The van der Waals surface area contributed by atoms with Gasteiger partial charge in [-0.25, -0.2) is 8.78 Å². The van der Waals surface area contributed by atoms with Crippen LogP contribution in [0, 0.1) is 18.6 Å². The SMILES string of the molecule is COc1ccc(C)cc1NC(=O)C(OC(=O)CCNC(=O)c1ccc(F)cc1F)c1ccccc1. The average Bonchev–Trinajstić information content (AvgIpc) is 2.83. The Labute approximate surface area is 201 Å². The van der Waals surface area contributed by atoms with Gasteiger partial charge in [0.25, 0.3) is 11.8 Å². The molecule has 0 aliphatic carbocycles. The van der Waals surface area contributed by atoms with Crippen molar-refractivity contribution in [2.45, 2.75) is 19.4 Å². The minimum absolute atomic E-state index is 0.177. The standard InChI is InChI=1S/C26H24F2N2O5/c1-16-8-11-22(34-2)21(14-16)30-26(33)24(17-6-4-3-5-7-17)35-23(31)12-13-29-25(32)19-10-9-18(27)15-20(19)28/h3-11,14-15,24H,12-13H2,1-2H3,(H,29,32)(H,30,33). The lowest BCUT2D eigenvalue weighted by Crippen LogP contribution is -2.30. The second kappa shape index (κ2) is 11.7. The molecule has 0 aromatic heterocycles. The van der Waals surface area contributed by atoms with E-state index in [0.717, 1.165) is 17.7 Å². The van der Waals surface area contributed by atoms with E-state index in [9.17, 15) is 23.2 Å². The molecule has 0 bridgehead atoms. The summed E-state index contributed by atoms with van der Waals surface area (Å²) in [5.41, 5.74) is 1.40. The van der Waals surface area contributed by atoms with E-state index in [0.29, 0.717) is 23.1 Å². The number of nitrogens with one attached hydrogen (secondary N) is 2. The number of hydrogen-bond acceptors (Lipinski definition) is 5. The Morgan fingerprint density at radius 2 is 1.71 bits per heavy atom. The monoisotopic (exact) mass is 482 g/mol. The summed E-state index contributed by atoms with van der Waals surface area (Å²) in [6.45, 7) is 1.68. The van der Waals surface area contributed by atoms with Gasteiger partial charge in [-0.05, 0) is 36.8 Å². The first-order valence-electron chi connectivity index (χ1n) is 10.7. The Hall–Kier alpha value is -4.27. The number of benzene rings is 3. The molecule has 2 N–H and O–H groups in total. The second-order valence-electron chi connectivity index (χ2n) is 7.60. The van der Waals surface area contributed by atoms with Crippen molar-refractivity contribution in [2.75, 3.05) is 19.0 Å². The van der Waals surface area contributed by atoms with Crippen molar-refractivity contribution in [1.82, 2.24) is 5.32 Å². The van der Waals surface area contributed by atoms with Crippen molar-refractivity contribution in [3.8, 4) is 5.75 Å². The molecular weight excluding hydrogens is 458 g/mol. The molecule has 7 nitrogen and oxygen atoms in total. The molecule has 0 spiro atoms. The van der Waals surface area contributed by atoms with Gasteiger partial charge in [0.15, 0.2) is 0 Å². The number of methoxy groups -OCH3 is 1. The lowest BCUT2D eigenvalue weighted by atomic mass is 10.1. The number of rotatable bonds is 9. The highest BCUT2D eigenvalue weighted by Crippen LogP contribution is 2.28. The number of amides is 2. The zero-order valence-corrected chi connectivity index (χ0v) is 19.1. The van der Waals surface area contributed by atoms with Gasteiger partial charge in [0.05, 0.1) is 24.8 Å². The van der Waals surface area contributed by atoms with Gasteiger partial charge in [0.1, 0.15) is 17.4 Å². The van der Waals surface area contributed by atoms with Crippen molar-refractivity contribution >= 4 is 23.5 Å². The molecule has 0 aliphatic rings. The van der Waals surface area contributed by atoms with Crippen molar-refractivity contribution in [2.24, 2.45) is 0 Å². The summed E-state index contributed by atoms with van der Waals surface area (Å²) in [7, 11) is 1.47. The largest absolute Gasteiger partial charge is 0.495 e. The van der Waals surface area contributed by atoms with E-state index in [4.69, 9.17) is 9.47 Å². The molecule has 182 valence electrons. The molecule has 0 aliphatic heterocycles. The van der Waals surface area contributed by atoms with Crippen molar-refractivity contribution in [1.29, 1.82) is 0 Å². The highest BCUT2D eigenvalue weighted by atomic mass is 19.1. The van der Waals surface area contributed by atoms with E-state index < -0.39 is 35.5 Å². The third-order valence-electron chi connectivity index (χ3n) is 4.99. The summed E-state index contributed by atoms with van der Waals surface area (Å²) in [4.78, 5) is 37.7. The van der Waals surface area contributed by atoms with Gasteiger partial charge in [-0.3, -0.25) is 14.4 Å². The number of halogens is 2. The number of hydrogen-bond donors (Lipinski definition) is 2. The molecule has 3 aromatic rings. The Balaban J connectivity index is 1.66. The number of anilines is 1. The van der Waals surface area contributed by atoms with Gasteiger partial charge in [-0.2, -0.15) is 0 Å². The summed E-state index contributed by atoms with van der Waals surface area (Å²) in [6.07, 6.45) is -1.54. The first-order valence-corrected chi connectivity index (χ1v) is 10.7. The topological polar surface area (TPSA) is 93.7 Å². The summed E-state index contributed by atoms with van der Waals surface area (Å²) < 4.78 is 37.5. The third kappa shape index (κ3) is 6.86. The summed E-state index contributed by atoms with van der Waals surface area (Å²) in [5, 5.41) is 5.10. The molecule has 35 heavy (non-hydrogen) atoms. The number of carbonyl (C=O) groups excluding carboxylic acids is 3. The van der Waals surface area contributed by atoms with Crippen LogP contribution < -0.4 is 15.4 Å². The van der Waals surface area contributed by atoms with Crippen LogP contribution in [0.4, 0.5) is 14.5 Å². The zero-order valence-electron chi connectivity index (χ0n) is 19.1. The molecule has 1 atom stereocenters. The van der Waals surface area contributed by atoms with Crippen LogP contribution in [0.3, 0.4) is 0 Å². The minimum Gasteiger partial charge on any atom is -0.495 e. The normalized spacial score (nSPS) is 11.3. The summed E-state index contributed by atoms with van der Waals surface area (Å²) in [6, 6.07) is 16.3. The zero-order chi connectivity index (χ0) is 25.4. The highest BCUT2D eigenvalue weighted by molar-refractivity contribution is 5.97. The van der Waals surface area contributed by atoms with Crippen LogP contribution >= 0.6 is 0 Å². The number of aryl methyl sites for hydroxylation is 1. The van der Waals surface area contributed by atoms with E-state index in [1.54, 1.807) is 42.5 Å². The fraction of sp³-hybridized carbons (Fsp3) is 0.192. The van der Waals surface area contributed by atoms with E-state index in [1.807, 2.05) is 13.0 Å². The Kier molecular flexibility index (Phi) is 8.50. The summed E-state index contributed by atoms with van der Waals surface area (Å²) in [5.74, 6) is -3.54. The van der Waals surface area contributed by atoms with Crippen LogP contribution in [-0.4, -0.2) is 31.4 Å². The molecule has 3 rings (SSSR count). The molecule has 0 saturated carbocycles. The number of carbonyl (C=O) groups is 3. The Bertz CT molecular complexity index is 1220. The molecule has 0 heterocycles. The van der Waals surface area contributed by atoms with Crippen LogP contribution in [0.2, 0.25) is 0 Å². The van der Waals surface area contributed by atoms with Crippen molar-refractivity contribution < 1.29 is 32.6 Å². The van der Waals surface area contributed by atoms with E-state index in [-0.39, 0.29) is 18.5 Å². The van der Waals surface area contributed by atoms with Crippen molar-refractivity contribution in [3.05, 3.63) is 95.1 Å². The van der Waals surface area contributed by atoms with Gasteiger partial charge in [0.2, 0.25) is 6.10 Å². The van der Waals surface area contributed by atoms with Crippen LogP contribution in [0.1, 0.15) is 34.0 Å². The van der Waals surface area contributed by atoms with Gasteiger partial charge in [0, 0.05) is 18.2 Å². The third-order valence-corrected chi connectivity index (χ3v) is 4.99. The Morgan fingerprint density at radius 1 is 0.971 bits per heavy atom. The predicted molar refractivity (Wildman–Crippen MR) is 125 cm³/mol. The molecule has 3 aromatic carbocycles. The first kappa shape index (κ1) is 25.4. The maximum absolute atomic E-state index is 13.7. The lowest BCUT2D eigenvalue weighted by molar-refractivity contribution is -0.154. The van der Waals surface area contributed by atoms with Crippen LogP contribution in [-0.2, 0) is 14.3 Å². The molecule has 0 fully saturated rings. The Morgan fingerprint density at radius 3 is 2.40 bits per heavy atom. The lowest BCUT2D eigenvalue weighted by Gasteiger charge is -2.19. The van der Waals surface area contributed by atoms with Crippen LogP contribution in [0.15, 0.2) is 66.7 Å². The van der Waals surface area contributed by atoms with Crippen molar-refractivity contribution in [3.63, 3.8) is 0 Å². The maximum Gasteiger partial charge on any atom is 0.308 e. The molecule has 9 heteroatoms. The van der Waals surface area contributed by atoms with Gasteiger partial charge in [-0.1, -0.05) is 36.4 Å². The van der Waals surface area contributed by atoms with Crippen LogP contribution in [0.5, 0.6) is 5.75 Å². The molecule has 0 radical (unpaired) electrons. The summed E-state index contributed by atoms with van der Waals surface area (Å²) >= 11 is 0. The van der Waals surface area contributed by atoms with E-state index in [1.165, 1.54) is 7.11 Å². The quantitative estimate of drug-likeness (QED) is 0.443. The molecule has 1 unspecified atom stereocenters. The van der Waals surface area contributed by atoms with Gasteiger partial charge < -0.3 is 20.1 Å². The molecule has 0 saturated heterocycles. The number of esters is 1. The van der Waals surface area contributed by atoms with E-state index >= 15 is 0 Å². The minimum atomic E-state index is -1.26. The first-order chi connectivity index (χ1) is 16.8. The fourth-order valence-corrected chi connectivity index (χ4v) is 3.26. The highest BCUT2D eigenvalue weighted by Gasteiger charge is 2.26. The predicted octanol–water partition coefficient (Wildman–Crippen LogP) is 4.32. The molecular formula is C26H24F2N2O5. The van der Waals surface area contributed by atoms with Crippen LogP contribution in [0.25, 0.3) is 0 Å². The second-order valence-corrected chi connectivity index (χ2v) is 7.60. The molecule has 2 amide bonds. The van der Waals surface area contributed by atoms with Gasteiger partial charge >= 0.3 is 5.97 Å². The van der Waals surface area contributed by atoms with E-state index in [2.05, 4.69) is 10.6 Å². The maximum atomic E-state index is 13.7. The fourth-order valence-electron chi connectivity index (χ4n) is 3.26. The van der Waals surface area contributed by atoms with Gasteiger partial charge in [-0.15, -0.1) is 0 Å². The smallest absolute Gasteiger partial charge is 0.308 e.